The number of aromatic amines is 4. The summed E-state index contributed by atoms with van der Waals surface area (Å²) in [5.74, 6) is 0.965. The fourth-order valence-corrected chi connectivity index (χ4v) is 11.7. The van der Waals surface area contributed by atoms with Crippen molar-refractivity contribution in [3.8, 4) is 91.1 Å². The number of carboxylic acids is 2. The molecule has 16 bridgehead atoms. The predicted molar refractivity (Wildman–Crippen MR) is 321 cm³/mol. The Morgan fingerprint density at radius 1 is 0.222 bits per heavy atom. The molecular weight excluding hydrogens is 2420 g/mol. The zero-order valence-corrected chi connectivity index (χ0v) is 83.0. The number of aromatic carboxylic acids is 2. The van der Waals surface area contributed by atoms with E-state index in [0.29, 0.717) is 113 Å². The van der Waals surface area contributed by atoms with Crippen molar-refractivity contribution in [2.45, 2.75) is 0 Å². The summed E-state index contributed by atoms with van der Waals surface area (Å²) in [4.78, 5) is 96.4. The number of H-pyrrole nitrogens is 4. The third-order valence-electron chi connectivity index (χ3n) is 15.6. The third kappa shape index (κ3) is 15.7. The van der Waals surface area contributed by atoms with E-state index >= 15 is 0 Å². The van der Waals surface area contributed by atoms with E-state index in [-0.39, 0.29) is 300 Å². The molecule has 0 fully saturated rings. The van der Waals surface area contributed by atoms with Crippen LogP contribution in [-0.2, 0) is 97.4 Å². The van der Waals surface area contributed by atoms with Crippen LogP contribution in [0.1, 0.15) is 20.7 Å². The summed E-state index contributed by atoms with van der Waals surface area (Å²) in [7, 11) is 0. The minimum absolute atomic E-state index is 0. The molecule has 8 aromatic carbocycles. The van der Waals surface area contributed by atoms with E-state index < -0.39 is 11.9 Å². The molecule has 99 heavy (non-hydrogen) atoms. The molecule has 14 aromatic rings. The SMILES string of the molecule is O=C([O-])c1cccc2c3nc4nc(nc5[nH]c(nc6nc(nc([nH]3)c12)-c1ccccc1-6)c1ccccc51)-c1ccccc1-4.O=C([O-])c1cccc2c3nc4nc(nc5[nH]c(nc6nc(nc([nH]3)c12)-c1ccccc1-6)c1ccccc51)-c1ccccc1-4.[I-].[I-].[I-].[I-].[I-].[I-].[I-].[I-].[Zn+2].[Zn+2].[Zn+2].[Zn+2].[Zn+2]. The van der Waals surface area contributed by atoms with E-state index in [0.717, 1.165) is 66.1 Å². The number of nitrogens with zero attached hydrogens (tertiary/aromatic N) is 12. The number of hydrogen-bond donors (Lipinski definition) is 4. The molecule has 4 aliphatic rings. The Bertz CT molecular complexity index is 5430. The van der Waals surface area contributed by atoms with Crippen molar-refractivity contribution < 1.29 is 309 Å². The summed E-state index contributed by atoms with van der Waals surface area (Å²) in [6.07, 6.45) is 0. The molecule has 0 radical (unpaired) electrons. The fraction of sp³-hybridized carbons (Fsp3) is 0. The number of fused-ring (bicyclic) bond motifs is 40. The number of carbonyl (C=O) groups is 2. The topological polar surface area (TPSA) is 298 Å². The molecular formula is C66H34I8N16O4Zn5. The van der Waals surface area contributed by atoms with E-state index in [2.05, 4.69) is 19.9 Å². The maximum absolute atomic E-state index is 12.2. The summed E-state index contributed by atoms with van der Waals surface area (Å²) in [6, 6.07) is 56.5. The van der Waals surface area contributed by atoms with Crippen LogP contribution in [0, 0.1) is 0 Å². The van der Waals surface area contributed by atoms with Gasteiger partial charge in [-0.2, -0.15) is 0 Å². The average molecular weight is 2460 g/mol. The van der Waals surface area contributed by atoms with Crippen LogP contribution in [0.15, 0.2) is 182 Å². The molecule has 18 rings (SSSR count). The standard InChI is InChI=1S/2C33H18N8O2.8HI.5Zn/c2*42-33(43)23-15-7-14-22-24(23)32-40-30-21-13-6-5-12-20(21)28(38-30)36-26-17-9-2-1-8-16(17)25(34-26)35-27-18-10-3-4-11-19(18)29(37-27)39-31(22)41-32;;;;;;;;;;;;;/h2*1-15H,(H,42,43)(H2,34,35,36,37,38,39,40,41);8*1H;;;;;/q;;;;;;;;;;5*+2/p-10. The predicted octanol–water partition coefficient (Wildman–Crippen LogP) is -13.5. The molecule has 0 aliphatic carbocycles. The molecule has 0 saturated carbocycles. The summed E-state index contributed by atoms with van der Waals surface area (Å²) >= 11 is 0. The minimum Gasteiger partial charge on any atom is -1.00 e. The zero-order chi connectivity index (χ0) is 57.3. The molecule has 33 heteroatoms. The molecule has 0 amide bonds. The summed E-state index contributed by atoms with van der Waals surface area (Å²) in [6.45, 7) is 0. The number of aromatic nitrogens is 16. The number of nitrogens with one attached hydrogen (secondary N) is 4. The third-order valence-corrected chi connectivity index (χ3v) is 15.6. The van der Waals surface area contributed by atoms with Gasteiger partial charge in [0.2, 0.25) is 0 Å². The van der Waals surface area contributed by atoms with Crippen molar-refractivity contribution in [1.82, 2.24) is 79.7 Å². The Hall–Kier alpha value is -3.62. The first-order valence-corrected chi connectivity index (χ1v) is 27.1. The van der Waals surface area contributed by atoms with E-state index in [1.54, 1.807) is 24.3 Å². The molecule has 0 spiro atoms. The van der Waals surface area contributed by atoms with Crippen LogP contribution < -0.4 is 202 Å². The van der Waals surface area contributed by atoms with Crippen molar-refractivity contribution in [3.05, 3.63) is 193 Å². The molecule has 6 aromatic heterocycles. The fourth-order valence-electron chi connectivity index (χ4n) is 11.7. The molecule has 0 saturated heterocycles. The molecule has 4 aliphatic heterocycles. The first kappa shape index (κ1) is 87.8. The van der Waals surface area contributed by atoms with Gasteiger partial charge in [0.05, 0.1) is 11.9 Å². The molecule has 0 unspecified atom stereocenters. The van der Waals surface area contributed by atoms with Gasteiger partial charge in [0.25, 0.3) is 0 Å². The summed E-state index contributed by atoms with van der Waals surface area (Å²) in [5, 5.41) is 29.9. The van der Waals surface area contributed by atoms with Gasteiger partial charge >= 0.3 is 97.4 Å². The normalized spacial score (nSPS) is 10.3. The number of hydrogen-bond acceptors (Lipinski definition) is 16. The Morgan fingerprint density at radius 2 is 0.394 bits per heavy atom. The molecule has 0 atom stereocenters. The van der Waals surface area contributed by atoms with E-state index in [1.807, 2.05) is 146 Å². The molecule has 20 nitrogen and oxygen atoms in total. The van der Waals surface area contributed by atoms with Crippen LogP contribution in [0.3, 0.4) is 0 Å². The van der Waals surface area contributed by atoms with Crippen molar-refractivity contribution in [3.63, 3.8) is 0 Å². The molecule has 4 N–H and O–H groups in total. The van der Waals surface area contributed by atoms with Gasteiger partial charge in [-0.3, -0.25) is 0 Å². The van der Waals surface area contributed by atoms with Gasteiger partial charge in [-0.1, -0.05) is 182 Å². The van der Waals surface area contributed by atoms with Gasteiger partial charge in [0.15, 0.2) is 46.6 Å². The average Bonchev–Trinajstić information content (AvgIpc) is 1.61. The molecule has 468 valence electrons. The molecule has 10 heterocycles. The number of rotatable bonds is 2. The summed E-state index contributed by atoms with van der Waals surface area (Å²) in [5.41, 5.74) is 10.2. The number of carboxylic acid groups (broad SMARTS) is 2. The van der Waals surface area contributed by atoms with Crippen LogP contribution in [0.4, 0.5) is 0 Å². The van der Waals surface area contributed by atoms with E-state index in [1.165, 1.54) is 12.1 Å². The largest absolute Gasteiger partial charge is 2.00 e. The van der Waals surface area contributed by atoms with Gasteiger partial charge in [-0.25, -0.2) is 59.8 Å². The monoisotopic (exact) mass is 2450 g/mol. The van der Waals surface area contributed by atoms with Crippen LogP contribution in [0.2, 0.25) is 0 Å². The first-order chi connectivity index (χ1) is 42.2. The smallest absolute Gasteiger partial charge is 1.00 e. The first-order valence-electron chi connectivity index (χ1n) is 27.1. The maximum atomic E-state index is 12.2. The minimum atomic E-state index is -1.32. The van der Waals surface area contributed by atoms with Crippen LogP contribution in [0.5, 0.6) is 0 Å². The van der Waals surface area contributed by atoms with Gasteiger partial charge in [-0.05, 0) is 0 Å². The van der Waals surface area contributed by atoms with Gasteiger partial charge in [0.1, 0.15) is 45.2 Å². The zero-order valence-electron chi connectivity index (χ0n) is 50.9. The second-order valence-electron chi connectivity index (χ2n) is 20.5. The van der Waals surface area contributed by atoms with Gasteiger partial charge < -0.3 is 232 Å². The van der Waals surface area contributed by atoms with E-state index in [4.69, 9.17) is 59.8 Å². The summed E-state index contributed by atoms with van der Waals surface area (Å²) < 4.78 is 0. The van der Waals surface area contributed by atoms with Crippen LogP contribution >= 0.6 is 0 Å². The van der Waals surface area contributed by atoms with Crippen LogP contribution in [0.25, 0.3) is 179 Å². The Balaban J connectivity index is 0.000000372. The van der Waals surface area contributed by atoms with Crippen molar-refractivity contribution in [2.24, 2.45) is 0 Å². The van der Waals surface area contributed by atoms with Crippen LogP contribution in [-0.4, -0.2) is 91.7 Å². The van der Waals surface area contributed by atoms with E-state index in [9.17, 15) is 19.8 Å². The second kappa shape index (κ2) is 36.4. The Morgan fingerprint density at radius 3 is 0.606 bits per heavy atom. The number of benzene rings is 8. The Kier molecular flexibility index (Phi) is 32.3. The van der Waals surface area contributed by atoms with Gasteiger partial charge in [-0.15, -0.1) is 0 Å². The van der Waals surface area contributed by atoms with Gasteiger partial charge in [0, 0.05) is 98.7 Å². The number of carbonyl (C=O) groups excluding carboxylic acids is 2. The van der Waals surface area contributed by atoms with Crippen molar-refractivity contribution in [2.75, 3.05) is 0 Å². The quantitative estimate of drug-likeness (QED) is 0.0923. The maximum Gasteiger partial charge on any atom is 2.00 e. The van der Waals surface area contributed by atoms with Crippen molar-refractivity contribution >= 4 is 100 Å². The van der Waals surface area contributed by atoms with Crippen molar-refractivity contribution in [1.29, 1.82) is 0 Å². The Labute approximate surface area is 761 Å². The second-order valence-corrected chi connectivity index (χ2v) is 20.5. The number of halogens is 8.